The molecule has 0 aliphatic carbocycles. The lowest BCUT2D eigenvalue weighted by Crippen LogP contribution is -2.24. The van der Waals surface area contributed by atoms with Crippen molar-refractivity contribution in [2.24, 2.45) is 0 Å². The fraction of sp³-hybridized carbons (Fsp3) is 0.130. The summed E-state index contributed by atoms with van der Waals surface area (Å²) in [5.74, 6) is -0.139. The molecule has 10 heteroatoms. The van der Waals surface area contributed by atoms with Crippen molar-refractivity contribution < 1.29 is 23.0 Å². The Morgan fingerprint density at radius 3 is 2.42 bits per heavy atom. The number of hydrogen-bond acceptors (Lipinski definition) is 5. The number of aromatic hydroxyl groups is 1. The molecule has 0 aliphatic heterocycles. The number of nitrogens with zero attached hydrogens (tertiary/aromatic N) is 3. The van der Waals surface area contributed by atoms with E-state index in [4.69, 9.17) is 0 Å². The first kappa shape index (κ1) is 22.0. The van der Waals surface area contributed by atoms with Gasteiger partial charge in [-0.1, -0.05) is 18.2 Å². The molecule has 2 aromatic heterocycles. The predicted octanol–water partition coefficient (Wildman–Crippen LogP) is 4.74. The molecular weight excluding hydrogens is 437 g/mol. The number of rotatable bonds is 6. The van der Waals surface area contributed by atoms with Crippen LogP contribution in [0, 0.1) is 6.92 Å². The summed E-state index contributed by atoms with van der Waals surface area (Å²) in [4.78, 5) is 17.3. The molecule has 2 aromatic carbocycles. The highest BCUT2D eigenvalue weighted by molar-refractivity contribution is 5.56. The van der Waals surface area contributed by atoms with Crippen molar-refractivity contribution in [1.82, 2.24) is 14.1 Å². The van der Waals surface area contributed by atoms with Crippen LogP contribution in [0.4, 0.5) is 24.7 Å². The van der Waals surface area contributed by atoms with E-state index in [1.54, 1.807) is 25.3 Å². The molecule has 0 bridgehead atoms. The lowest BCUT2D eigenvalue weighted by molar-refractivity contribution is -0.274. The Hall–Kier alpha value is -4.21. The molecule has 0 unspecified atom stereocenters. The van der Waals surface area contributed by atoms with Crippen LogP contribution < -0.4 is 15.7 Å². The number of para-hydroxylation sites is 1. The molecule has 0 atom stereocenters. The first-order valence-electron chi connectivity index (χ1n) is 9.85. The molecule has 0 aliphatic rings. The summed E-state index contributed by atoms with van der Waals surface area (Å²) in [5, 5.41) is 13.7. The van der Waals surface area contributed by atoms with E-state index in [1.807, 2.05) is 30.3 Å². The smallest absolute Gasteiger partial charge is 0.493 e. The molecule has 0 amide bonds. The van der Waals surface area contributed by atoms with Crippen LogP contribution in [0.3, 0.4) is 0 Å². The van der Waals surface area contributed by atoms with Crippen LogP contribution in [-0.2, 0) is 6.54 Å². The Morgan fingerprint density at radius 1 is 1.06 bits per heavy atom. The molecule has 7 nitrogen and oxygen atoms in total. The van der Waals surface area contributed by atoms with Gasteiger partial charge in [-0.25, -0.2) is 14.3 Å². The summed E-state index contributed by atoms with van der Waals surface area (Å²) in [6, 6.07) is 17.7. The number of nitrogens with one attached hydrogen (secondary N) is 1. The maximum Gasteiger partial charge on any atom is 0.573 e. The van der Waals surface area contributed by atoms with Gasteiger partial charge in [0.05, 0.1) is 17.9 Å². The summed E-state index contributed by atoms with van der Waals surface area (Å²) in [6.45, 7) is 1.74. The van der Waals surface area contributed by atoms with Crippen molar-refractivity contribution in [3.8, 4) is 17.3 Å². The lowest BCUT2D eigenvalue weighted by atomic mass is 10.2. The first-order valence-corrected chi connectivity index (χ1v) is 9.85. The van der Waals surface area contributed by atoms with Gasteiger partial charge in [0.25, 0.3) is 0 Å². The number of ether oxygens (including phenoxy) is 1. The van der Waals surface area contributed by atoms with E-state index >= 15 is 0 Å². The highest BCUT2D eigenvalue weighted by atomic mass is 19.4. The Labute approximate surface area is 186 Å². The number of alkyl halides is 3. The van der Waals surface area contributed by atoms with E-state index in [-0.39, 0.29) is 18.1 Å². The van der Waals surface area contributed by atoms with Gasteiger partial charge in [0.2, 0.25) is 5.88 Å². The van der Waals surface area contributed by atoms with E-state index in [1.165, 1.54) is 16.7 Å². The molecule has 2 heterocycles. The molecule has 0 radical (unpaired) electrons. The molecule has 0 saturated heterocycles. The first-order chi connectivity index (χ1) is 15.7. The normalized spacial score (nSPS) is 11.4. The molecule has 0 saturated carbocycles. The summed E-state index contributed by atoms with van der Waals surface area (Å²) in [6.07, 6.45) is -3.21. The van der Waals surface area contributed by atoms with Crippen LogP contribution in [-0.4, -0.2) is 25.6 Å². The van der Waals surface area contributed by atoms with Gasteiger partial charge >= 0.3 is 12.1 Å². The molecule has 0 fully saturated rings. The maximum atomic E-state index is 13.0. The molecule has 0 spiro atoms. The van der Waals surface area contributed by atoms with Crippen molar-refractivity contribution in [3.05, 3.63) is 94.7 Å². The highest BCUT2D eigenvalue weighted by Gasteiger charge is 2.31. The number of hydrogen-bond donors (Lipinski definition) is 2. The maximum absolute atomic E-state index is 13.0. The van der Waals surface area contributed by atoms with Crippen molar-refractivity contribution >= 4 is 11.5 Å². The van der Waals surface area contributed by atoms with Crippen molar-refractivity contribution in [1.29, 1.82) is 0 Å². The second kappa shape index (κ2) is 8.73. The van der Waals surface area contributed by atoms with E-state index in [0.29, 0.717) is 11.5 Å². The lowest BCUT2D eigenvalue weighted by Gasteiger charge is -2.09. The Morgan fingerprint density at radius 2 is 1.76 bits per heavy atom. The third kappa shape index (κ3) is 5.00. The van der Waals surface area contributed by atoms with Crippen LogP contribution in [0.25, 0.3) is 5.69 Å². The minimum absolute atomic E-state index is 0.159. The number of anilines is 2. The van der Waals surface area contributed by atoms with Crippen LogP contribution in [0.15, 0.2) is 77.7 Å². The van der Waals surface area contributed by atoms with E-state index in [2.05, 4.69) is 15.0 Å². The van der Waals surface area contributed by atoms with E-state index < -0.39 is 17.8 Å². The van der Waals surface area contributed by atoms with Gasteiger partial charge in [0.15, 0.2) is 0 Å². The molecule has 170 valence electrons. The minimum atomic E-state index is -4.82. The Bertz CT molecular complexity index is 1310. The van der Waals surface area contributed by atoms with Crippen molar-refractivity contribution in [2.75, 3.05) is 5.32 Å². The number of aromatic nitrogens is 3. The minimum Gasteiger partial charge on any atom is -0.493 e. The fourth-order valence-corrected chi connectivity index (χ4v) is 3.35. The van der Waals surface area contributed by atoms with Gasteiger partial charge < -0.3 is 15.2 Å². The van der Waals surface area contributed by atoms with Crippen LogP contribution in [0.5, 0.6) is 11.6 Å². The zero-order valence-electron chi connectivity index (χ0n) is 17.4. The summed E-state index contributed by atoms with van der Waals surface area (Å²) >= 11 is 0. The number of imidazole rings is 1. The monoisotopic (exact) mass is 456 g/mol. The van der Waals surface area contributed by atoms with Crippen molar-refractivity contribution in [3.63, 3.8) is 0 Å². The van der Waals surface area contributed by atoms with Gasteiger partial charge in [-0.2, -0.15) is 0 Å². The largest absolute Gasteiger partial charge is 0.573 e. The van der Waals surface area contributed by atoms with Crippen LogP contribution in [0.1, 0.15) is 11.3 Å². The zero-order valence-corrected chi connectivity index (χ0v) is 17.4. The number of pyridine rings is 1. The topological polar surface area (TPSA) is 81.3 Å². The fourth-order valence-electron chi connectivity index (χ4n) is 3.35. The van der Waals surface area contributed by atoms with E-state index in [9.17, 15) is 23.1 Å². The predicted molar refractivity (Wildman–Crippen MR) is 116 cm³/mol. The third-order valence-corrected chi connectivity index (χ3v) is 4.90. The average Bonchev–Trinajstić information content (AvgIpc) is 2.98. The van der Waals surface area contributed by atoms with Gasteiger partial charge in [-0.15, -0.1) is 13.2 Å². The van der Waals surface area contributed by atoms with Gasteiger partial charge in [0.1, 0.15) is 11.6 Å². The van der Waals surface area contributed by atoms with E-state index in [0.717, 1.165) is 28.0 Å². The van der Waals surface area contributed by atoms with Gasteiger partial charge in [0, 0.05) is 11.9 Å². The third-order valence-electron chi connectivity index (χ3n) is 4.90. The summed E-state index contributed by atoms with van der Waals surface area (Å²) < 4.78 is 43.4. The molecule has 4 rings (SSSR count). The summed E-state index contributed by atoms with van der Waals surface area (Å²) in [7, 11) is 0. The zero-order chi connectivity index (χ0) is 23.6. The van der Waals surface area contributed by atoms with Gasteiger partial charge in [-0.05, 0) is 61.0 Å². The van der Waals surface area contributed by atoms with Gasteiger partial charge in [-0.3, -0.25) is 4.57 Å². The molecular formula is C23H19F3N4O3. The Balaban J connectivity index is 1.60. The molecule has 4 aromatic rings. The SMILES string of the molecule is Cc1c(O)n(-c2ccc(OC(F)(F)F)cc2)c(=O)n1Cc1ccnc(Nc2ccccc2)c1. The quantitative estimate of drug-likeness (QED) is 0.438. The second-order valence-electron chi connectivity index (χ2n) is 7.20. The average molecular weight is 456 g/mol. The standard InChI is InChI=1S/C23H19F3N4O3/c1-15-21(31)30(18-7-9-19(10-8-18)33-23(24,25)26)22(32)29(15)14-16-11-12-27-20(13-16)28-17-5-3-2-4-6-17/h2-13,31H,14H2,1H3,(H,27,28). The second-order valence-corrected chi connectivity index (χ2v) is 7.20. The van der Waals surface area contributed by atoms with Crippen LogP contribution >= 0.6 is 0 Å². The van der Waals surface area contributed by atoms with Crippen LogP contribution in [0.2, 0.25) is 0 Å². The Kier molecular flexibility index (Phi) is 5.82. The molecule has 2 N–H and O–H groups in total. The highest BCUT2D eigenvalue weighted by Crippen LogP contribution is 2.26. The molecule has 33 heavy (non-hydrogen) atoms. The summed E-state index contributed by atoms with van der Waals surface area (Å²) in [5.41, 5.74) is 1.60. The number of benzene rings is 2. The van der Waals surface area contributed by atoms with Crippen molar-refractivity contribution in [2.45, 2.75) is 19.8 Å². The number of halogens is 3.